The lowest BCUT2D eigenvalue weighted by molar-refractivity contribution is 0.0915. The molecular weight excluding hydrogens is 293 g/mol. The molecule has 108 valence electrons. The molecule has 2 aliphatic carbocycles. The molecule has 0 aliphatic heterocycles. The number of carbonyl (C=O) groups is 1. The van der Waals surface area contributed by atoms with Gasteiger partial charge in [-0.25, -0.2) is 0 Å². The largest absolute Gasteiger partial charge is 0.349 e. The van der Waals surface area contributed by atoms with E-state index < -0.39 is 0 Å². The number of amides is 1. The Hall–Kier alpha value is -0.730. The molecule has 1 aromatic rings. The first-order chi connectivity index (χ1) is 9.52. The fourth-order valence-corrected chi connectivity index (χ4v) is 4.51. The van der Waals surface area contributed by atoms with E-state index in [0.29, 0.717) is 21.5 Å². The molecule has 1 aromatic carbocycles. The van der Waals surface area contributed by atoms with E-state index in [9.17, 15) is 4.79 Å². The molecule has 2 bridgehead atoms. The topological polar surface area (TPSA) is 29.1 Å². The highest BCUT2D eigenvalue weighted by atomic mass is 35.5. The van der Waals surface area contributed by atoms with Crippen LogP contribution < -0.4 is 5.32 Å². The van der Waals surface area contributed by atoms with E-state index in [1.54, 1.807) is 18.2 Å². The molecule has 2 fully saturated rings. The molecule has 2 saturated carbocycles. The normalized spacial score (nSPS) is 29.4. The average Bonchev–Trinajstić information content (AvgIpc) is 2.99. The number of carbonyl (C=O) groups excluding carboxylic acids is 1. The van der Waals surface area contributed by atoms with E-state index in [1.165, 1.54) is 25.7 Å². The second kappa shape index (κ2) is 5.57. The van der Waals surface area contributed by atoms with E-state index in [4.69, 9.17) is 23.2 Å². The lowest BCUT2D eigenvalue weighted by atomic mass is 9.84. The molecule has 3 rings (SSSR count). The first-order valence-electron chi connectivity index (χ1n) is 7.30. The predicted molar refractivity (Wildman–Crippen MR) is 82.3 cm³/mol. The highest BCUT2D eigenvalue weighted by molar-refractivity contribution is 6.35. The van der Waals surface area contributed by atoms with Crippen molar-refractivity contribution < 1.29 is 4.79 Å². The fraction of sp³-hybridized carbons (Fsp3) is 0.562. The standard InChI is InChI=1S/C16H19Cl2NO/c1-9(15-5-10-2-3-11(15)4-10)19-16(20)12-6-13(17)8-14(18)7-12/h6-11,15H,2-5H2,1H3,(H,19,20). The maximum Gasteiger partial charge on any atom is 0.251 e. The SMILES string of the molecule is CC(NC(=O)c1cc(Cl)cc(Cl)c1)C1CC2CCC1C2. The summed E-state index contributed by atoms with van der Waals surface area (Å²) in [5.74, 6) is 2.25. The minimum absolute atomic E-state index is 0.0790. The molecular formula is C16H19Cl2NO. The summed E-state index contributed by atoms with van der Waals surface area (Å²) in [7, 11) is 0. The molecule has 4 atom stereocenters. The molecule has 1 amide bonds. The van der Waals surface area contributed by atoms with Gasteiger partial charge in [0.15, 0.2) is 0 Å². The van der Waals surface area contributed by atoms with Crippen LogP contribution in [0.1, 0.15) is 43.0 Å². The summed E-state index contributed by atoms with van der Waals surface area (Å²) in [5, 5.41) is 4.11. The van der Waals surface area contributed by atoms with Gasteiger partial charge in [0, 0.05) is 21.7 Å². The van der Waals surface area contributed by atoms with Gasteiger partial charge in [0.25, 0.3) is 5.91 Å². The van der Waals surface area contributed by atoms with Gasteiger partial charge in [-0.1, -0.05) is 29.6 Å². The number of nitrogens with one attached hydrogen (secondary N) is 1. The van der Waals surface area contributed by atoms with Crippen LogP contribution in [-0.2, 0) is 0 Å². The van der Waals surface area contributed by atoms with Crippen molar-refractivity contribution in [2.24, 2.45) is 17.8 Å². The molecule has 0 aromatic heterocycles. The zero-order valence-corrected chi connectivity index (χ0v) is 13.0. The summed E-state index contributed by atoms with van der Waals surface area (Å²) in [6, 6.07) is 5.18. The lowest BCUT2D eigenvalue weighted by Crippen LogP contribution is -2.40. The summed E-state index contributed by atoms with van der Waals surface area (Å²) < 4.78 is 0. The maximum absolute atomic E-state index is 12.3. The average molecular weight is 312 g/mol. The minimum Gasteiger partial charge on any atom is -0.349 e. The second-order valence-corrected chi connectivity index (χ2v) is 7.13. The van der Waals surface area contributed by atoms with Gasteiger partial charge < -0.3 is 5.32 Å². The van der Waals surface area contributed by atoms with E-state index in [2.05, 4.69) is 12.2 Å². The number of hydrogen-bond donors (Lipinski definition) is 1. The van der Waals surface area contributed by atoms with Crippen molar-refractivity contribution in [3.63, 3.8) is 0 Å². The van der Waals surface area contributed by atoms with E-state index in [0.717, 1.165) is 11.8 Å². The molecule has 4 heteroatoms. The van der Waals surface area contributed by atoms with Gasteiger partial charge in [0.05, 0.1) is 0 Å². The quantitative estimate of drug-likeness (QED) is 0.872. The van der Waals surface area contributed by atoms with Gasteiger partial charge in [-0.2, -0.15) is 0 Å². The Morgan fingerprint density at radius 2 is 1.90 bits per heavy atom. The first kappa shape index (κ1) is 14.2. The summed E-state index contributed by atoms with van der Waals surface area (Å²) in [6.45, 7) is 2.12. The molecule has 4 unspecified atom stereocenters. The number of hydrogen-bond acceptors (Lipinski definition) is 1. The van der Waals surface area contributed by atoms with Gasteiger partial charge in [0.1, 0.15) is 0 Å². The van der Waals surface area contributed by atoms with Crippen molar-refractivity contribution in [3.05, 3.63) is 33.8 Å². The lowest BCUT2D eigenvalue weighted by Gasteiger charge is -2.28. The van der Waals surface area contributed by atoms with Crippen molar-refractivity contribution in [3.8, 4) is 0 Å². The summed E-state index contributed by atoms with van der Waals surface area (Å²) >= 11 is 11.9. The summed E-state index contributed by atoms with van der Waals surface area (Å²) in [4.78, 5) is 12.3. The third kappa shape index (κ3) is 2.82. The predicted octanol–water partition coefficient (Wildman–Crippen LogP) is 4.55. The summed E-state index contributed by atoms with van der Waals surface area (Å²) in [6.07, 6.45) is 5.33. The molecule has 0 saturated heterocycles. The molecule has 2 aliphatic rings. The van der Waals surface area contributed by atoms with Gasteiger partial charge in [-0.05, 0) is 62.1 Å². The third-order valence-electron chi connectivity index (χ3n) is 4.92. The second-order valence-electron chi connectivity index (χ2n) is 6.26. The monoisotopic (exact) mass is 311 g/mol. The fourth-order valence-electron chi connectivity index (χ4n) is 3.99. The van der Waals surface area contributed by atoms with Crippen LogP contribution in [0.5, 0.6) is 0 Å². The summed E-state index contributed by atoms with van der Waals surface area (Å²) in [5.41, 5.74) is 0.539. The number of fused-ring (bicyclic) bond motifs is 2. The van der Waals surface area contributed by atoms with Crippen molar-refractivity contribution >= 4 is 29.1 Å². The van der Waals surface area contributed by atoms with Gasteiger partial charge in [-0.15, -0.1) is 0 Å². The Bertz CT molecular complexity index is 511. The molecule has 0 radical (unpaired) electrons. The van der Waals surface area contributed by atoms with Crippen LogP contribution in [0.25, 0.3) is 0 Å². The Morgan fingerprint density at radius 1 is 1.20 bits per heavy atom. The third-order valence-corrected chi connectivity index (χ3v) is 5.35. The molecule has 0 spiro atoms. The molecule has 1 N–H and O–H groups in total. The van der Waals surface area contributed by atoms with Crippen molar-refractivity contribution in [1.29, 1.82) is 0 Å². The maximum atomic E-state index is 12.3. The number of rotatable bonds is 3. The van der Waals surface area contributed by atoms with Crippen molar-refractivity contribution in [1.82, 2.24) is 5.32 Å². The highest BCUT2D eigenvalue weighted by Crippen LogP contribution is 2.49. The Balaban J connectivity index is 1.66. The van der Waals surface area contributed by atoms with E-state index >= 15 is 0 Å². The van der Waals surface area contributed by atoms with Crippen LogP contribution in [0, 0.1) is 17.8 Å². The van der Waals surface area contributed by atoms with Gasteiger partial charge in [-0.3, -0.25) is 4.79 Å². The molecule has 2 nitrogen and oxygen atoms in total. The van der Waals surface area contributed by atoms with Crippen LogP contribution in [0.4, 0.5) is 0 Å². The molecule has 20 heavy (non-hydrogen) atoms. The minimum atomic E-state index is -0.0790. The Labute approximate surface area is 129 Å². The smallest absolute Gasteiger partial charge is 0.251 e. The van der Waals surface area contributed by atoms with Gasteiger partial charge >= 0.3 is 0 Å². The number of halogens is 2. The van der Waals surface area contributed by atoms with Crippen LogP contribution >= 0.6 is 23.2 Å². The van der Waals surface area contributed by atoms with Crippen molar-refractivity contribution in [2.75, 3.05) is 0 Å². The van der Waals surface area contributed by atoms with Crippen LogP contribution in [0.2, 0.25) is 10.0 Å². The zero-order chi connectivity index (χ0) is 14.3. The van der Waals surface area contributed by atoms with Gasteiger partial charge in [0.2, 0.25) is 0 Å². The van der Waals surface area contributed by atoms with Crippen molar-refractivity contribution in [2.45, 2.75) is 38.6 Å². The number of benzene rings is 1. The van der Waals surface area contributed by atoms with Crippen LogP contribution in [-0.4, -0.2) is 11.9 Å². The Morgan fingerprint density at radius 3 is 2.45 bits per heavy atom. The van der Waals surface area contributed by atoms with Crippen LogP contribution in [0.3, 0.4) is 0 Å². The van der Waals surface area contributed by atoms with E-state index in [1.807, 2.05) is 0 Å². The first-order valence-corrected chi connectivity index (χ1v) is 8.05. The van der Waals surface area contributed by atoms with E-state index in [-0.39, 0.29) is 11.9 Å². The zero-order valence-electron chi connectivity index (χ0n) is 11.5. The van der Waals surface area contributed by atoms with Crippen LogP contribution in [0.15, 0.2) is 18.2 Å². The Kier molecular flexibility index (Phi) is 3.96. The molecule has 0 heterocycles. The highest BCUT2D eigenvalue weighted by Gasteiger charge is 2.42.